The minimum absolute atomic E-state index is 0.0335. The van der Waals surface area contributed by atoms with Gasteiger partial charge in [0.15, 0.2) is 0 Å². The molecule has 0 spiro atoms. The molecule has 0 radical (unpaired) electrons. The first-order valence-corrected chi connectivity index (χ1v) is 5.38. The van der Waals surface area contributed by atoms with Crippen molar-refractivity contribution in [3.05, 3.63) is 29.8 Å². The third-order valence-corrected chi connectivity index (χ3v) is 2.37. The Morgan fingerprint density at radius 2 is 2.06 bits per heavy atom. The van der Waals surface area contributed by atoms with Gasteiger partial charge >= 0.3 is 5.97 Å². The molecule has 0 heterocycles. The van der Waals surface area contributed by atoms with E-state index in [0.717, 1.165) is 0 Å². The van der Waals surface area contributed by atoms with E-state index in [2.05, 4.69) is 5.32 Å². The zero-order valence-corrected chi connectivity index (χ0v) is 9.64. The van der Waals surface area contributed by atoms with E-state index in [-0.39, 0.29) is 18.4 Å². The van der Waals surface area contributed by atoms with E-state index >= 15 is 0 Å². The number of rotatable bonds is 5. The Morgan fingerprint density at radius 1 is 1.41 bits per heavy atom. The molecule has 0 aliphatic rings. The number of amides is 1. The van der Waals surface area contributed by atoms with Gasteiger partial charge in [0.1, 0.15) is 0 Å². The van der Waals surface area contributed by atoms with E-state index in [1.54, 1.807) is 31.2 Å². The molecule has 5 nitrogen and oxygen atoms in total. The number of aliphatic carboxylic acids is 1. The van der Waals surface area contributed by atoms with Crippen LogP contribution in [-0.2, 0) is 4.79 Å². The number of carbonyl (C=O) groups excluding carboxylic acids is 1. The highest BCUT2D eigenvalue weighted by atomic mass is 16.4. The van der Waals surface area contributed by atoms with Gasteiger partial charge in [-0.05, 0) is 25.5 Å². The standard InChI is InChI=1S/C12H16N2O3/c1-8(6-7-11(15)16)14-12(17)9-4-2-3-5-10(9)13/h2-5,8H,6-7,13H2,1H3,(H,14,17)(H,15,16). The molecule has 1 atom stereocenters. The summed E-state index contributed by atoms with van der Waals surface area (Å²) in [6, 6.07) is 6.57. The summed E-state index contributed by atoms with van der Waals surface area (Å²) in [5, 5.41) is 11.2. The second-order valence-electron chi connectivity index (χ2n) is 3.89. The first-order chi connectivity index (χ1) is 8.00. The largest absolute Gasteiger partial charge is 0.481 e. The lowest BCUT2D eigenvalue weighted by atomic mass is 10.1. The molecule has 1 aromatic rings. The molecule has 4 N–H and O–H groups in total. The topological polar surface area (TPSA) is 92.4 Å². The minimum Gasteiger partial charge on any atom is -0.481 e. The predicted molar refractivity (Wildman–Crippen MR) is 64.7 cm³/mol. The van der Waals surface area contributed by atoms with Gasteiger partial charge in [0.05, 0.1) is 5.56 Å². The van der Waals surface area contributed by atoms with Crippen LogP contribution in [0, 0.1) is 0 Å². The second kappa shape index (κ2) is 5.89. The second-order valence-corrected chi connectivity index (χ2v) is 3.89. The van der Waals surface area contributed by atoms with Crippen LogP contribution in [0.1, 0.15) is 30.1 Å². The summed E-state index contributed by atoms with van der Waals surface area (Å²) in [5.41, 5.74) is 6.49. The molecule has 5 heteroatoms. The van der Waals surface area contributed by atoms with Gasteiger partial charge in [-0.25, -0.2) is 0 Å². The Balaban J connectivity index is 2.55. The van der Waals surface area contributed by atoms with Gasteiger partial charge < -0.3 is 16.2 Å². The van der Waals surface area contributed by atoms with Gasteiger partial charge in [-0.2, -0.15) is 0 Å². The molecule has 92 valence electrons. The van der Waals surface area contributed by atoms with Crippen LogP contribution in [0.5, 0.6) is 0 Å². The molecule has 0 fully saturated rings. The summed E-state index contributed by atoms with van der Waals surface area (Å²) in [6.45, 7) is 1.76. The highest BCUT2D eigenvalue weighted by Crippen LogP contribution is 2.10. The maximum atomic E-state index is 11.8. The number of hydrogen-bond acceptors (Lipinski definition) is 3. The molecule has 0 saturated carbocycles. The van der Waals surface area contributed by atoms with Gasteiger partial charge in [-0.15, -0.1) is 0 Å². The summed E-state index contributed by atoms with van der Waals surface area (Å²) < 4.78 is 0. The third kappa shape index (κ3) is 4.14. The fraction of sp³-hybridized carbons (Fsp3) is 0.333. The molecule has 0 bridgehead atoms. The summed E-state index contributed by atoms with van der Waals surface area (Å²) >= 11 is 0. The van der Waals surface area contributed by atoms with E-state index in [4.69, 9.17) is 10.8 Å². The van der Waals surface area contributed by atoms with Crippen molar-refractivity contribution in [2.45, 2.75) is 25.8 Å². The molecule has 1 rings (SSSR count). The quantitative estimate of drug-likeness (QED) is 0.671. The lowest BCUT2D eigenvalue weighted by Crippen LogP contribution is -2.33. The van der Waals surface area contributed by atoms with Gasteiger partial charge in [0.25, 0.3) is 5.91 Å². The van der Waals surface area contributed by atoms with Crippen LogP contribution in [0.4, 0.5) is 5.69 Å². The van der Waals surface area contributed by atoms with Crippen LogP contribution in [0.15, 0.2) is 24.3 Å². The van der Waals surface area contributed by atoms with Crippen molar-refractivity contribution >= 4 is 17.6 Å². The van der Waals surface area contributed by atoms with E-state index in [1.165, 1.54) is 0 Å². The molecule has 0 saturated heterocycles. The van der Waals surface area contributed by atoms with E-state index in [9.17, 15) is 9.59 Å². The number of nitrogens with one attached hydrogen (secondary N) is 1. The summed E-state index contributed by atoms with van der Waals surface area (Å²) in [4.78, 5) is 22.2. The summed E-state index contributed by atoms with van der Waals surface area (Å²) in [7, 11) is 0. The van der Waals surface area contributed by atoms with E-state index in [1.807, 2.05) is 0 Å². The van der Waals surface area contributed by atoms with Gasteiger partial charge in [0.2, 0.25) is 0 Å². The van der Waals surface area contributed by atoms with Crippen molar-refractivity contribution in [2.24, 2.45) is 0 Å². The summed E-state index contributed by atoms with van der Waals surface area (Å²) in [5.74, 6) is -1.15. The summed E-state index contributed by atoms with van der Waals surface area (Å²) in [6.07, 6.45) is 0.430. The van der Waals surface area contributed by atoms with Gasteiger partial charge in [0, 0.05) is 18.2 Å². The average molecular weight is 236 g/mol. The molecule has 17 heavy (non-hydrogen) atoms. The number of carbonyl (C=O) groups is 2. The first kappa shape index (κ1) is 13.0. The fourth-order valence-corrected chi connectivity index (χ4v) is 1.42. The van der Waals surface area contributed by atoms with Crippen molar-refractivity contribution in [3.8, 4) is 0 Å². The zero-order chi connectivity index (χ0) is 12.8. The molecular weight excluding hydrogens is 220 g/mol. The third-order valence-electron chi connectivity index (χ3n) is 2.37. The molecule has 1 unspecified atom stereocenters. The smallest absolute Gasteiger partial charge is 0.303 e. The highest BCUT2D eigenvalue weighted by molar-refractivity contribution is 5.99. The number of nitrogen functional groups attached to an aromatic ring is 1. The van der Waals surface area contributed by atoms with Crippen LogP contribution >= 0.6 is 0 Å². The van der Waals surface area contributed by atoms with Crippen LogP contribution in [0.3, 0.4) is 0 Å². The Labute approximate surface area is 99.6 Å². The number of nitrogens with two attached hydrogens (primary N) is 1. The maximum absolute atomic E-state index is 11.8. The zero-order valence-electron chi connectivity index (χ0n) is 9.64. The average Bonchev–Trinajstić information content (AvgIpc) is 2.26. The lowest BCUT2D eigenvalue weighted by Gasteiger charge is -2.13. The van der Waals surface area contributed by atoms with Crippen molar-refractivity contribution < 1.29 is 14.7 Å². The lowest BCUT2D eigenvalue weighted by molar-refractivity contribution is -0.137. The molecule has 0 aliphatic carbocycles. The SMILES string of the molecule is CC(CCC(=O)O)NC(=O)c1ccccc1N. The number of carboxylic acid groups (broad SMARTS) is 1. The minimum atomic E-state index is -0.870. The number of carboxylic acids is 1. The Kier molecular flexibility index (Phi) is 4.51. The van der Waals surface area contributed by atoms with Crippen molar-refractivity contribution in [3.63, 3.8) is 0 Å². The first-order valence-electron chi connectivity index (χ1n) is 5.38. The van der Waals surface area contributed by atoms with Gasteiger partial charge in [-0.3, -0.25) is 9.59 Å². The number of hydrogen-bond donors (Lipinski definition) is 3. The van der Waals surface area contributed by atoms with E-state index < -0.39 is 5.97 Å². The Hall–Kier alpha value is -2.04. The molecular formula is C12H16N2O3. The van der Waals surface area contributed by atoms with Crippen LogP contribution < -0.4 is 11.1 Å². The van der Waals surface area contributed by atoms with E-state index in [0.29, 0.717) is 17.7 Å². The molecule has 1 amide bonds. The number of anilines is 1. The van der Waals surface area contributed by atoms with Crippen molar-refractivity contribution in [1.29, 1.82) is 0 Å². The highest BCUT2D eigenvalue weighted by Gasteiger charge is 2.12. The monoisotopic (exact) mass is 236 g/mol. The van der Waals surface area contributed by atoms with Gasteiger partial charge in [-0.1, -0.05) is 12.1 Å². The van der Waals surface area contributed by atoms with Crippen LogP contribution in [0.25, 0.3) is 0 Å². The maximum Gasteiger partial charge on any atom is 0.303 e. The van der Waals surface area contributed by atoms with Crippen LogP contribution in [-0.4, -0.2) is 23.0 Å². The molecule has 0 aliphatic heterocycles. The Morgan fingerprint density at radius 3 is 2.65 bits per heavy atom. The fourth-order valence-electron chi connectivity index (χ4n) is 1.42. The molecule has 0 aromatic heterocycles. The molecule has 1 aromatic carbocycles. The predicted octanol–water partition coefficient (Wildman–Crippen LogP) is 1.25. The van der Waals surface area contributed by atoms with Crippen molar-refractivity contribution in [2.75, 3.05) is 5.73 Å². The van der Waals surface area contributed by atoms with Crippen molar-refractivity contribution in [1.82, 2.24) is 5.32 Å². The number of benzene rings is 1. The Bertz CT molecular complexity index is 418. The number of para-hydroxylation sites is 1. The normalized spacial score (nSPS) is 11.8. The van der Waals surface area contributed by atoms with Crippen LogP contribution in [0.2, 0.25) is 0 Å².